The van der Waals surface area contributed by atoms with Crippen LogP contribution in [0.5, 0.6) is 0 Å². The van der Waals surface area contributed by atoms with Crippen LogP contribution in [-0.4, -0.2) is 167 Å². The third-order valence-electron chi connectivity index (χ3n) is 21.6. The Morgan fingerprint density at radius 3 is 2.14 bits per heavy atom. The van der Waals surface area contributed by atoms with Crippen molar-refractivity contribution in [2.45, 2.75) is 232 Å². The summed E-state index contributed by atoms with van der Waals surface area (Å²) < 4.78 is 38.9. The number of nitrogens with one attached hydrogen (secondary N) is 1. The molecular formula is C58H88N4O15. The van der Waals surface area contributed by atoms with E-state index in [9.17, 15) is 45.6 Å². The van der Waals surface area contributed by atoms with Gasteiger partial charge in [0.2, 0.25) is 5.91 Å². The number of carbonyl (C=O) groups excluding carboxylic acids is 1. The molecule has 10 rings (SSSR count). The highest BCUT2D eigenvalue weighted by atomic mass is 16.8. The molecule has 4 heterocycles. The number of rotatable bonds is 11. The Morgan fingerprint density at radius 1 is 0.766 bits per heavy atom. The number of nitrogens with zero attached hydrogens (tertiary/aromatic N) is 3. The fourth-order valence-electron chi connectivity index (χ4n) is 16.8. The highest BCUT2D eigenvalue weighted by Crippen LogP contribution is 2.76. The van der Waals surface area contributed by atoms with E-state index in [-0.39, 0.29) is 52.1 Å². The number of hydrogen-bond donors (Lipinski definition) is 9. The molecule has 19 heteroatoms. The molecule has 3 saturated heterocycles. The lowest BCUT2D eigenvalue weighted by molar-refractivity contribution is -0.380. The van der Waals surface area contributed by atoms with Gasteiger partial charge in [0.1, 0.15) is 66.7 Å². The molecule has 2 aromatic rings. The molecule has 9 N–H and O–H groups in total. The first-order valence-corrected chi connectivity index (χ1v) is 28.4. The molecule has 430 valence electrons. The number of amides is 1. The van der Waals surface area contributed by atoms with Gasteiger partial charge in [-0.05, 0) is 141 Å². The summed E-state index contributed by atoms with van der Waals surface area (Å²) in [4.78, 5) is 15.0. The first kappa shape index (κ1) is 57.3. The van der Waals surface area contributed by atoms with Crippen LogP contribution in [0, 0.1) is 64.1 Å². The Balaban J connectivity index is 0.874. The zero-order chi connectivity index (χ0) is 55.5. The van der Waals surface area contributed by atoms with Crippen molar-refractivity contribution >= 4 is 5.91 Å². The average Bonchev–Trinajstić information content (AvgIpc) is 3.85. The van der Waals surface area contributed by atoms with Crippen molar-refractivity contribution in [3.63, 3.8) is 0 Å². The van der Waals surface area contributed by atoms with Crippen LogP contribution < -0.4 is 5.32 Å². The van der Waals surface area contributed by atoms with Gasteiger partial charge in [-0.3, -0.25) is 4.79 Å². The van der Waals surface area contributed by atoms with Gasteiger partial charge < -0.3 is 74.6 Å². The summed E-state index contributed by atoms with van der Waals surface area (Å²) in [7, 11) is 0. The van der Waals surface area contributed by atoms with Crippen LogP contribution >= 0.6 is 0 Å². The number of benzene rings is 1. The Bertz CT molecular complexity index is 2490. The molecule has 5 aliphatic carbocycles. The number of aryl methyl sites for hydroxylation is 2. The molecular weight excluding hydrogens is 993 g/mol. The minimum absolute atomic E-state index is 0.0515. The number of allylic oxidation sites excluding steroid dienone is 2. The maximum absolute atomic E-state index is 15.0. The Morgan fingerprint density at radius 2 is 1.44 bits per heavy atom. The molecule has 1 amide bonds. The van der Waals surface area contributed by atoms with Gasteiger partial charge in [-0.1, -0.05) is 83.5 Å². The zero-order valence-corrected chi connectivity index (χ0v) is 46.7. The van der Waals surface area contributed by atoms with Crippen molar-refractivity contribution < 1.29 is 74.1 Å². The fourth-order valence-corrected chi connectivity index (χ4v) is 16.8. The maximum atomic E-state index is 15.0. The van der Waals surface area contributed by atoms with E-state index in [4.69, 9.17) is 28.4 Å². The lowest BCUT2D eigenvalue weighted by atomic mass is 9.33. The molecule has 0 radical (unpaired) electrons. The maximum Gasteiger partial charge on any atom is 0.227 e. The Kier molecular flexibility index (Phi) is 15.4. The number of fused-ring (bicyclic) bond motifs is 7. The molecule has 77 heavy (non-hydrogen) atoms. The van der Waals surface area contributed by atoms with E-state index in [1.54, 1.807) is 0 Å². The van der Waals surface area contributed by atoms with Gasteiger partial charge >= 0.3 is 0 Å². The first-order valence-electron chi connectivity index (χ1n) is 28.4. The SMILES string of the molecule is Cc1cccc(C)c1-n1cc(CNC(=O)[C@]23CCC(C)(C)C[C@H]2C2=CC[C@@H]4[C@@]5(C)CC[C@H](O[C@@H]6OC[C@H](O[C@@H]7O[C@H](CO)[C@@H](O)[C@H](O)[C@H]7O)[C@H](O)[C@H]6O[C@@H]6O[C@@H](C)[C@H](O)[C@@H](O)[C@H]6O)C(C)(C)[C@@H]5CC[C@@]4(C)[C@]2(C)CC3)nn1. The third kappa shape index (κ3) is 9.49. The van der Waals surface area contributed by atoms with Gasteiger partial charge in [0.25, 0.3) is 0 Å². The van der Waals surface area contributed by atoms with Gasteiger partial charge in [0.05, 0.1) is 49.3 Å². The monoisotopic (exact) mass is 1080 g/mol. The van der Waals surface area contributed by atoms with E-state index >= 15 is 0 Å². The summed E-state index contributed by atoms with van der Waals surface area (Å²) in [6, 6.07) is 6.17. The van der Waals surface area contributed by atoms with Crippen LogP contribution in [0.25, 0.3) is 5.69 Å². The van der Waals surface area contributed by atoms with Gasteiger partial charge in [-0.15, -0.1) is 5.10 Å². The van der Waals surface area contributed by atoms with Crippen LogP contribution in [0.2, 0.25) is 0 Å². The lowest BCUT2D eigenvalue weighted by Crippen LogP contribution is -2.66. The van der Waals surface area contributed by atoms with E-state index in [0.29, 0.717) is 18.9 Å². The largest absolute Gasteiger partial charge is 0.394 e. The molecule has 22 atom stereocenters. The molecule has 3 aliphatic heterocycles. The Hall–Kier alpha value is -2.99. The van der Waals surface area contributed by atoms with Crippen molar-refractivity contribution in [1.82, 2.24) is 20.3 Å². The number of ether oxygens (including phenoxy) is 6. The molecule has 4 saturated carbocycles. The molecule has 0 spiro atoms. The lowest BCUT2D eigenvalue weighted by Gasteiger charge is -2.71. The van der Waals surface area contributed by atoms with Gasteiger partial charge in [0.15, 0.2) is 18.9 Å². The summed E-state index contributed by atoms with van der Waals surface area (Å²) in [5, 5.41) is 98.3. The minimum Gasteiger partial charge on any atom is -0.394 e. The summed E-state index contributed by atoms with van der Waals surface area (Å²) in [6.07, 6.45) is -7.71. The summed E-state index contributed by atoms with van der Waals surface area (Å²) in [5.74, 6) is 0.797. The second-order valence-electron chi connectivity index (χ2n) is 26.8. The van der Waals surface area contributed by atoms with Crippen LogP contribution in [0.4, 0.5) is 0 Å². The smallest absolute Gasteiger partial charge is 0.227 e. The first-order chi connectivity index (χ1) is 36.2. The van der Waals surface area contributed by atoms with Crippen molar-refractivity contribution in [2.24, 2.45) is 50.2 Å². The fraction of sp³-hybridized carbons (Fsp3) is 0.810. The number of carbonyl (C=O) groups is 1. The molecule has 0 bridgehead atoms. The Labute approximate surface area is 453 Å². The number of aliphatic hydroxyl groups is 8. The van der Waals surface area contributed by atoms with E-state index in [2.05, 4.69) is 96.2 Å². The predicted octanol–water partition coefficient (Wildman–Crippen LogP) is 3.80. The molecule has 19 nitrogen and oxygen atoms in total. The standard InChI is InChI=1S/C58H88N4O15/c1-29-12-11-13-30(2)40(29)62-26-32(60-61-62)25-59-52(71)58-22-20-53(4,5)24-34(58)33-14-15-38-55(8)18-17-39(54(6,7)37(55)16-19-57(38,10)56(33,9)21-23-58)76-51-48(77-49-46(69)44(67)41(64)31(3)73-49)43(66)36(28-72-51)75-50-47(70)45(68)42(65)35(27-63)74-50/h11-14,26,31,34-39,41-51,63-70H,15-25,27-28H2,1-10H3,(H,59,71)/t31-,34-,35+,36-,37-,38+,39-,41-,42+,43-,44+,45-,46+,47+,48+,49-,50-,51-,55-,56+,57+,58-/m0/s1. The topological polar surface area (TPSA) is 277 Å². The second-order valence-corrected chi connectivity index (χ2v) is 26.8. The van der Waals surface area contributed by atoms with E-state index < -0.39 is 103 Å². The van der Waals surface area contributed by atoms with E-state index in [1.165, 1.54) is 12.5 Å². The van der Waals surface area contributed by atoms with Crippen LogP contribution in [0.15, 0.2) is 36.0 Å². The number of aliphatic hydroxyl groups excluding tert-OH is 8. The number of hydrogen-bond acceptors (Lipinski definition) is 17. The summed E-state index contributed by atoms with van der Waals surface area (Å²) in [5.41, 5.74) is 4.28. The van der Waals surface area contributed by atoms with E-state index in [0.717, 1.165) is 80.3 Å². The van der Waals surface area contributed by atoms with Crippen LogP contribution in [0.1, 0.15) is 136 Å². The zero-order valence-electron chi connectivity index (χ0n) is 46.7. The van der Waals surface area contributed by atoms with Gasteiger partial charge in [-0.2, -0.15) is 0 Å². The number of para-hydroxylation sites is 1. The number of aromatic nitrogens is 3. The average molecular weight is 1080 g/mol. The third-order valence-corrected chi connectivity index (χ3v) is 21.6. The summed E-state index contributed by atoms with van der Waals surface area (Å²) >= 11 is 0. The molecule has 0 unspecified atom stereocenters. The van der Waals surface area contributed by atoms with Gasteiger partial charge in [-0.25, -0.2) is 4.68 Å². The molecule has 1 aromatic heterocycles. The molecule has 1 aromatic carbocycles. The summed E-state index contributed by atoms with van der Waals surface area (Å²) in [6.45, 7) is 21.8. The molecule has 7 fully saturated rings. The quantitative estimate of drug-likeness (QED) is 0.114. The van der Waals surface area contributed by atoms with E-state index in [1.807, 2.05) is 16.9 Å². The highest BCUT2D eigenvalue weighted by Gasteiger charge is 2.70. The van der Waals surface area contributed by atoms with Gasteiger partial charge in [0, 0.05) is 0 Å². The normalized spacial score (nSPS) is 46.4. The van der Waals surface area contributed by atoms with Crippen molar-refractivity contribution in [1.29, 1.82) is 0 Å². The predicted molar refractivity (Wildman–Crippen MR) is 278 cm³/mol. The van der Waals surface area contributed by atoms with Crippen LogP contribution in [0.3, 0.4) is 0 Å². The van der Waals surface area contributed by atoms with Crippen molar-refractivity contribution in [3.8, 4) is 5.69 Å². The molecule has 8 aliphatic rings. The minimum atomic E-state index is -1.75. The second kappa shape index (κ2) is 20.8. The van der Waals surface area contributed by atoms with Crippen molar-refractivity contribution in [2.75, 3.05) is 13.2 Å². The van der Waals surface area contributed by atoms with Crippen LogP contribution in [-0.2, 0) is 39.8 Å². The highest BCUT2D eigenvalue weighted by molar-refractivity contribution is 5.84. The van der Waals surface area contributed by atoms with Crippen molar-refractivity contribution in [3.05, 3.63) is 52.9 Å².